The lowest BCUT2D eigenvalue weighted by molar-refractivity contribution is -0.140. The minimum Gasteiger partial charge on any atom is -0.497 e. The number of hydrogen-bond donors (Lipinski definition) is 1. The van der Waals surface area contributed by atoms with Crippen LogP contribution in [0, 0.1) is 0 Å². The minimum absolute atomic E-state index is 0.0439. The molecular formula is C28H34N2O3. The van der Waals surface area contributed by atoms with E-state index in [2.05, 4.69) is 29.6 Å². The molecule has 0 saturated carbocycles. The summed E-state index contributed by atoms with van der Waals surface area (Å²) in [5.41, 5.74) is 2.07. The van der Waals surface area contributed by atoms with Crippen molar-refractivity contribution in [2.45, 2.75) is 58.7 Å². The normalized spacial score (nSPS) is 12.7. The molecule has 0 bridgehead atoms. The third-order valence-electron chi connectivity index (χ3n) is 6.14. The molecule has 0 radical (unpaired) electrons. The molecule has 33 heavy (non-hydrogen) atoms. The Kier molecular flexibility index (Phi) is 8.47. The zero-order valence-electron chi connectivity index (χ0n) is 20.0. The monoisotopic (exact) mass is 446 g/mol. The molecule has 3 rings (SSSR count). The van der Waals surface area contributed by atoms with Crippen molar-refractivity contribution in [3.8, 4) is 5.75 Å². The molecule has 0 saturated heterocycles. The van der Waals surface area contributed by atoms with Crippen molar-refractivity contribution in [3.05, 3.63) is 77.9 Å². The number of aryl methyl sites for hydroxylation is 1. The predicted octanol–water partition coefficient (Wildman–Crippen LogP) is 5.11. The second kappa shape index (κ2) is 11.5. The van der Waals surface area contributed by atoms with E-state index in [9.17, 15) is 9.59 Å². The summed E-state index contributed by atoms with van der Waals surface area (Å²) < 4.78 is 5.34. The van der Waals surface area contributed by atoms with Gasteiger partial charge in [-0.1, -0.05) is 61.5 Å². The molecule has 5 heteroatoms. The summed E-state index contributed by atoms with van der Waals surface area (Å²) in [7, 11) is 1.62. The van der Waals surface area contributed by atoms with E-state index in [4.69, 9.17) is 4.74 Å². The van der Waals surface area contributed by atoms with Crippen LogP contribution >= 0.6 is 0 Å². The van der Waals surface area contributed by atoms with Crippen molar-refractivity contribution in [1.82, 2.24) is 10.2 Å². The van der Waals surface area contributed by atoms with Crippen LogP contribution in [0.3, 0.4) is 0 Å². The van der Waals surface area contributed by atoms with E-state index in [-0.39, 0.29) is 17.9 Å². The molecule has 0 aliphatic heterocycles. The Morgan fingerprint density at radius 3 is 2.48 bits per heavy atom. The van der Waals surface area contributed by atoms with Gasteiger partial charge in [0.2, 0.25) is 11.8 Å². The number of hydrogen-bond acceptors (Lipinski definition) is 3. The molecule has 0 spiro atoms. The predicted molar refractivity (Wildman–Crippen MR) is 133 cm³/mol. The Morgan fingerprint density at radius 1 is 1.00 bits per heavy atom. The van der Waals surface area contributed by atoms with Gasteiger partial charge in [0.05, 0.1) is 7.11 Å². The first-order chi connectivity index (χ1) is 15.9. The fourth-order valence-corrected chi connectivity index (χ4v) is 3.91. The number of methoxy groups -OCH3 is 1. The number of amides is 2. The Bertz CT molecular complexity index is 1090. The summed E-state index contributed by atoms with van der Waals surface area (Å²) in [5, 5.41) is 5.34. The fourth-order valence-electron chi connectivity index (χ4n) is 3.91. The molecule has 0 aromatic heterocycles. The van der Waals surface area contributed by atoms with Gasteiger partial charge in [-0.05, 0) is 60.7 Å². The van der Waals surface area contributed by atoms with Gasteiger partial charge in [0.1, 0.15) is 11.8 Å². The number of rotatable bonds is 10. The highest BCUT2D eigenvalue weighted by Gasteiger charge is 2.26. The standard InChI is InChI=1S/C28H34N2O3/c1-5-20(2)29-28(32)21(3)30(19-22-10-8-14-25(18-22)33-4)27(31)17-16-24-13-9-12-23-11-6-7-15-26(23)24/h6-15,18,20-21H,5,16-17,19H2,1-4H3,(H,29,32)/t20-,21+/m0/s1. The lowest BCUT2D eigenvalue weighted by atomic mass is 10.0. The first-order valence-corrected chi connectivity index (χ1v) is 11.6. The Hall–Kier alpha value is -3.34. The Labute approximate surface area is 196 Å². The van der Waals surface area contributed by atoms with Gasteiger partial charge in [-0.3, -0.25) is 9.59 Å². The number of carbonyl (C=O) groups is 2. The molecule has 174 valence electrons. The van der Waals surface area contributed by atoms with Crippen LogP contribution < -0.4 is 10.1 Å². The third-order valence-corrected chi connectivity index (χ3v) is 6.14. The van der Waals surface area contributed by atoms with E-state index < -0.39 is 6.04 Å². The number of fused-ring (bicyclic) bond motifs is 1. The summed E-state index contributed by atoms with van der Waals surface area (Å²) in [6.07, 6.45) is 1.79. The molecule has 0 fully saturated rings. The molecule has 0 unspecified atom stereocenters. The van der Waals surface area contributed by atoms with Crippen molar-refractivity contribution in [2.24, 2.45) is 0 Å². The van der Waals surface area contributed by atoms with Crippen molar-refractivity contribution in [2.75, 3.05) is 7.11 Å². The summed E-state index contributed by atoms with van der Waals surface area (Å²) >= 11 is 0. The average molecular weight is 447 g/mol. The van der Waals surface area contributed by atoms with Gasteiger partial charge in [-0.25, -0.2) is 0 Å². The molecule has 0 aliphatic carbocycles. The van der Waals surface area contributed by atoms with Gasteiger partial charge < -0.3 is 15.0 Å². The maximum atomic E-state index is 13.4. The average Bonchev–Trinajstić information content (AvgIpc) is 2.85. The Morgan fingerprint density at radius 2 is 1.73 bits per heavy atom. The van der Waals surface area contributed by atoms with Crippen molar-refractivity contribution in [3.63, 3.8) is 0 Å². The van der Waals surface area contributed by atoms with E-state index in [0.717, 1.165) is 34.1 Å². The highest BCUT2D eigenvalue weighted by molar-refractivity contribution is 5.89. The molecular weight excluding hydrogens is 412 g/mol. The van der Waals surface area contributed by atoms with E-state index in [1.807, 2.05) is 56.3 Å². The van der Waals surface area contributed by atoms with Crippen molar-refractivity contribution >= 4 is 22.6 Å². The van der Waals surface area contributed by atoms with E-state index >= 15 is 0 Å². The van der Waals surface area contributed by atoms with Crippen LogP contribution in [0.5, 0.6) is 5.75 Å². The first-order valence-electron chi connectivity index (χ1n) is 11.6. The van der Waals surface area contributed by atoms with Crippen LogP contribution in [0.1, 0.15) is 44.7 Å². The smallest absolute Gasteiger partial charge is 0.242 e. The van der Waals surface area contributed by atoms with E-state index in [1.165, 1.54) is 0 Å². The third kappa shape index (κ3) is 6.35. The minimum atomic E-state index is -0.579. The van der Waals surface area contributed by atoms with Gasteiger partial charge in [-0.2, -0.15) is 0 Å². The molecule has 5 nitrogen and oxygen atoms in total. The zero-order chi connectivity index (χ0) is 23.8. The van der Waals surface area contributed by atoms with Crippen LogP contribution in [0.15, 0.2) is 66.7 Å². The maximum absolute atomic E-state index is 13.4. The lowest BCUT2D eigenvalue weighted by Gasteiger charge is -2.30. The van der Waals surface area contributed by atoms with Crippen LogP contribution in [0.4, 0.5) is 0 Å². The molecule has 3 aromatic rings. The van der Waals surface area contributed by atoms with Gasteiger partial charge in [0, 0.05) is 19.0 Å². The van der Waals surface area contributed by atoms with Gasteiger partial charge in [0.15, 0.2) is 0 Å². The molecule has 0 heterocycles. The second-order valence-electron chi connectivity index (χ2n) is 8.51. The van der Waals surface area contributed by atoms with Crippen LogP contribution in [0.25, 0.3) is 10.8 Å². The largest absolute Gasteiger partial charge is 0.497 e. The van der Waals surface area contributed by atoms with Gasteiger partial charge in [-0.15, -0.1) is 0 Å². The van der Waals surface area contributed by atoms with Gasteiger partial charge in [0.25, 0.3) is 0 Å². The molecule has 0 aliphatic rings. The van der Waals surface area contributed by atoms with Gasteiger partial charge >= 0.3 is 0 Å². The van der Waals surface area contributed by atoms with Crippen molar-refractivity contribution < 1.29 is 14.3 Å². The highest BCUT2D eigenvalue weighted by Crippen LogP contribution is 2.21. The number of ether oxygens (including phenoxy) is 1. The molecule has 1 N–H and O–H groups in total. The number of carbonyl (C=O) groups excluding carboxylic acids is 2. The Balaban J connectivity index is 1.80. The molecule has 2 atom stereocenters. The highest BCUT2D eigenvalue weighted by atomic mass is 16.5. The molecule has 2 amide bonds. The number of benzene rings is 3. The summed E-state index contributed by atoms with van der Waals surface area (Å²) in [6, 6.07) is 21.5. The van der Waals surface area contributed by atoms with Crippen LogP contribution in [0.2, 0.25) is 0 Å². The topological polar surface area (TPSA) is 58.6 Å². The quantitative estimate of drug-likeness (QED) is 0.471. The van der Waals surface area contributed by atoms with E-state index in [0.29, 0.717) is 19.4 Å². The molecule has 3 aromatic carbocycles. The maximum Gasteiger partial charge on any atom is 0.242 e. The number of nitrogens with zero attached hydrogens (tertiary/aromatic N) is 1. The second-order valence-corrected chi connectivity index (χ2v) is 8.51. The van der Waals surface area contributed by atoms with Crippen LogP contribution in [-0.4, -0.2) is 35.9 Å². The first kappa shape index (κ1) is 24.3. The van der Waals surface area contributed by atoms with E-state index in [1.54, 1.807) is 18.9 Å². The van der Waals surface area contributed by atoms with Crippen LogP contribution in [-0.2, 0) is 22.6 Å². The summed E-state index contributed by atoms with van der Waals surface area (Å²) in [4.78, 5) is 28.0. The fraction of sp³-hybridized carbons (Fsp3) is 0.357. The summed E-state index contributed by atoms with van der Waals surface area (Å²) in [6.45, 7) is 6.15. The zero-order valence-corrected chi connectivity index (χ0v) is 20.0. The number of nitrogens with one attached hydrogen (secondary N) is 1. The van der Waals surface area contributed by atoms with Crippen molar-refractivity contribution in [1.29, 1.82) is 0 Å². The lowest BCUT2D eigenvalue weighted by Crippen LogP contribution is -2.49. The SMILES string of the molecule is CC[C@H](C)NC(=O)[C@@H](C)N(Cc1cccc(OC)c1)C(=O)CCc1cccc2ccccc12. The summed E-state index contributed by atoms with van der Waals surface area (Å²) in [5.74, 6) is 0.552.